The highest BCUT2D eigenvalue weighted by Crippen LogP contribution is 2.17. The van der Waals surface area contributed by atoms with Crippen LogP contribution in [0.25, 0.3) is 0 Å². The van der Waals surface area contributed by atoms with E-state index in [9.17, 15) is 9.59 Å². The lowest BCUT2D eigenvalue weighted by Crippen LogP contribution is -2.25. The number of alkyl carbamates (subject to hydrolysis) is 1. The Hall–Kier alpha value is -2.20. The summed E-state index contributed by atoms with van der Waals surface area (Å²) in [6.45, 7) is 14.7. The molecule has 0 aromatic carbocycles. The summed E-state index contributed by atoms with van der Waals surface area (Å²) >= 11 is 0. The van der Waals surface area contributed by atoms with Crippen LogP contribution in [0, 0.1) is 10.8 Å². The number of carbonyl (C=O) groups excluding carboxylic acids is 2. The summed E-state index contributed by atoms with van der Waals surface area (Å²) in [5.41, 5.74) is 0.259. The number of carbonyl (C=O) groups is 2. The summed E-state index contributed by atoms with van der Waals surface area (Å²) in [5, 5.41) is 10.7. The van der Waals surface area contributed by atoms with Crippen molar-refractivity contribution in [3.05, 3.63) is 11.9 Å². The third-order valence-corrected chi connectivity index (χ3v) is 4.00. The Morgan fingerprint density at radius 3 is 2.23 bits per heavy atom. The van der Waals surface area contributed by atoms with Gasteiger partial charge in [0.1, 0.15) is 12.3 Å². The van der Waals surface area contributed by atoms with Gasteiger partial charge in [-0.3, -0.25) is 4.79 Å². The molecule has 0 unspecified atom stereocenters. The summed E-state index contributed by atoms with van der Waals surface area (Å²) in [5.74, 6) is -0.243. The fraction of sp³-hybridized carbons (Fsp3) is 0.810. The maximum atomic E-state index is 11.7. The van der Waals surface area contributed by atoms with E-state index < -0.39 is 11.5 Å². The zero-order valence-corrected chi connectivity index (χ0v) is 19.7. The highest BCUT2D eigenvalue weighted by molar-refractivity contribution is 5.75. The predicted molar refractivity (Wildman–Crippen MR) is 114 cm³/mol. The summed E-state index contributed by atoms with van der Waals surface area (Å²) in [7, 11) is 0. The molecule has 1 N–H and O–H groups in total. The SMILES string of the molecule is CC(C)(C)CCOC(=O)NCc1cn(CCOCCOCCOC(=O)C(C)(C)C)nn1. The smallest absolute Gasteiger partial charge is 0.407 e. The van der Waals surface area contributed by atoms with E-state index in [1.807, 2.05) is 20.8 Å². The van der Waals surface area contributed by atoms with Crippen LogP contribution < -0.4 is 5.32 Å². The van der Waals surface area contributed by atoms with Crippen molar-refractivity contribution in [2.24, 2.45) is 10.8 Å². The Bertz CT molecular complexity index is 664. The van der Waals surface area contributed by atoms with Gasteiger partial charge in [-0.05, 0) is 32.6 Å². The van der Waals surface area contributed by atoms with Crippen LogP contribution in [0.15, 0.2) is 6.20 Å². The van der Waals surface area contributed by atoms with Gasteiger partial charge < -0.3 is 24.3 Å². The van der Waals surface area contributed by atoms with Crippen molar-refractivity contribution in [2.45, 2.75) is 61.1 Å². The summed E-state index contributed by atoms with van der Waals surface area (Å²) in [4.78, 5) is 23.3. The van der Waals surface area contributed by atoms with Gasteiger partial charge in [0.15, 0.2) is 0 Å². The third kappa shape index (κ3) is 13.7. The highest BCUT2D eigenvalue weighted by Gasteiger charge is 2.22. The van der Waals surface area contributed by atoms with Crippen LogP contribution >= 0.6 is 0 Å². The molecule has 10 nitrogen and oxygen atoms in total. The molecule has 0 saturated carbocycles. The lowest BCUT2D eigenvalue weighted by Gasteiger charge is -2.17. The molecular formula is C21H38N4O6. The van der Waals surface area contributed by atoms with Crippen LogP contribution in [0.4, 0.5) is 4.79 Å². The molecule has 31 heavy (non-hydrogen) atoms. The predicted octanol–water partition coefficient (Wildman–Crippen LogP) is 2.56. The maximum absolute atomic E-state index is 11.7. The van der Waals surface area contributed by atoms with E-state index in [-0.39, 0.29) is 24.5 Å². The van der Waals surface area contributed by atoms with E-state index >= 15 is 0 Å². The molecule has 178 valence electrons. The van der Waals surface area contributed by atoms with Crippen LogP contribution in [-0.4, -0.2) is 66.7 Å². The van der Waals surface area contributed by atoms with Gasteiger partial charge in [0.25, 0.3) is 0 Å². The molecule has 0 aliphatic carbocycles. The van der Waals surface area contributed by atoms with Crippen molar-refractivity contribution in [3.63, 3.8) is 0 Å². The molecule has 0 bridgehead atoms. The van der Waals surface area contributed by atoms with Crippen molar-refractivity contribution in [1.82, 2.24) is 20.3 Å². The van der Waals surface area contributed by atoms with Crippen LogP contribution in [0.5, 0.6) is 0 Å². The zero-order valence-electron chi connectivity index (χ0n) is 19.7. The number of rotatable bonds is 13. The summed E-state index contributed by atoms with van der Waals surface area (Å²) in [6.07, 6.45) is 2.08. The topological polar surface area (TPSA) is 114 Å². The molecule has 1 aromatic heterocycles. The number of esters is 1. The van der Waals surface area contributed by atoms with Crippen LogP contribution in [-0.2, 0) is 36.8 Å². The quantitative estimate of drug-likeness (QED) is 0.366. The fourth-order valence-corrected chi connectivity index (χ4v) is 2.08. The molecule has 0 atom stereocenters. The van der Waals surface area contributed by atoms with E-state index in [1.54, 1.807) is 10.9 Å². The Balaban J connectivity index is 2.04. The van der Waals surface area contributed by atoms with E-state index in [4.69, 9.17) is 18.9 Å². The van der Waals surface area contributed by atoms with Crippen molar-refractivity contribution in [3.8, 4) is 0 Å². The first kappa shape index (κ1) is 26.8. The van der Waals surface area contributed by atoms with E-state index in [2.05, 4.69) is 36.4 Å². The second-order valence-electron chi connectivity index (χ2n) is 9.38. The summed E-state index contributed by atoms with van der Waals surface area (Å²) in [6, 6.07) is 0. The molecule has 0 aliphatic rings. The standard InChI is InChI=1S/C21H38N4O6/c1-20(2,3)7-9-31-19(27)22-15-17-16-25(24-23-17)8-10-28-11-12-29-13-14-30-18(26)21(4,5)6/h16H,7-15H2,1-6H3,(H,22,27). The van der Waals surface area contributed by atoms with Gasteiger partial charge in [-0.2, -0.15) is 0 Å². The normalized spacial score (nSPS) is 11.9. The van der Waals surface area contributed by atoms with Gasteiger partial charge in [-0.25, -0.2) is 9.48 Å². The van der Waals surface area contributed by atoms with Crippen molar-refractivity contribution in [2.75, 3.05) is 39.6 Å². The molecule has 0 fully saturated rings. The second-order valence-corrected chi connectivity index (χ2v) is 9.38. The van der Waals surface area contributed by atoms with E-state index in [0.717, 1.165) is 6.42 Å². The molecule has 1 amide bonds. The van der Waals surface area contributed by atoms with Gasteiger partial charge in [-0.1, -0.05) is 26.0 Å². The molecule has 0 saturated heterocycles. The van der Waals surface area contributed by atoms with Gasteiger partial charge >= 0.3 is 12.1 Å². The van der Waals surface area contributed by atoms with E-state index in [0.29, 0.717) is 45.3 Å². The zero-order chi connectivity index (χ0) is 23.3. The average molecular weight is 443 g/mol. The lowest BCUT2D eigenvalue weighted by molar-refractivity contribution is -0.154. The minimum absolute atomic E-state index is 0.123. The lowest BCUT2D eigenvalue weighted by atomic mass is 9.93. The molecule has 0 radical (unpaired) electrons. The van der Waals surface area contributed by atoms with Crippen LogP contribution in [0.2, 0.25) is 0 Å². The Morgan fingerprint density at radius 2 is 1.58 bits per heavy atom. The third-order valence-electron chi connectivity index (χ3n) is 4.00. The Morgan fingerprint density at radius 1 is 0.935 bits per heavy atom. The number of amides is 1. The minimum Gasteiger partial charge on any atom is -0.463 e. The monoisotopic (exact) mass is 442 g/mol. The molecule has 10 heteroatoms. The van der Waals surface area contributed by atoms with Gasteiger partial charge in [0.2, 0.25) is 0 Å². The van der Waals surface area contributed by atoms with Gasteiger partial charge in [-0.15, -0.1) is 5.10 Å². The molecule has 1 heterocycles. The fourth-order valence-electron chi connectivity index (χ4n) is 2.08. The number of ether oxygens (including phenoxy) is 4. The first-order valence-electron chi connectivity index (χ1n) is 10.6. The van der Waals surface area contributed by atoms with Crippen molar-refractivity contribution in [1.29, 1.82) is 0 Å². The van der Waals surface area contributed by atoms with Gasteiger partial charge in [0.05, 0.1) is 57.7 Å². The largest absolute Gasteiger partial charge is 0.463 e. The molecule has 0 aliphatic heterocycles. The highest BCUT2D eigenvalue weighted by atomic mass is 16.6. The number of hydrogen-bond acceptors (Lipinski definition) is 8. The molecular weight excluding hydrogens is 404 g/mol. The first-order valence-corrected chi connectivity index (χ1v) is 10.6. The molecule has 1 aromatic rings. The number of aromatic nitrogens is 3. The molecule has 1 rings (SSSR count). The van der Waals surface area contributed by atoms with Crippen molar-refractivity contribution < 1.29 is 28.5 Å². The number of hydrogen-bond donors (Lipinski definition) is 1. The second kappa shape index (κ2) is 13.3. The summed E-state index contributed by atoms with van der Waals surface area (Å²) < 4.78 is 22.7. The first-order chi connectivity index (χ1) is 14.5. The average Bonchev–Trinajstić information content (AvgIpc) is 3.11. The number of nitrogens with one attached hydrogen (secondary N) is 1. The van der Waals surface area contributed by atoms with Crippen LogP contribution in [0.1, 0.15) is 53.7 Å². The van der Waals surface area contributed by atoms with Crippen molar-refractivity contribution >= 4 is 12.1 Å². The van der Waals surface area contributed by atoms with Gasteiger partial charge in [0, 0.05) is 0 Å². The molecule has 0 spiro atoms. The number of nitrogens with zero attached hydrogens (tertiary/aromatic N) is 3. The maximum Gasteiger partial charge on any atom is 0.407 e. The Labute approximate surface area is 184 Å². The minimum atomic E-state index is -0.504. The van der Waals surface area contributed by atoms with Crippen LogP contribution in [0.3, 0.4) is 0 Å². The van der Waals surface area contributed by atoms with E-state index in [1.165, 1.54) is 0 Å². The Kier molecular flexibility index (Phi) is 11.5.